The van der Waals surface area contributed by atoms with Gasteiger partial charge in [-0.05, 0) is 97.1 Å². The number of nitrogens with zero attached hydrogens (tertiary/aromatic N) is 2. The Morgan fingerprint density at radius 3 is 1.84 bits per heavy atom. The molecule has 0 saturated carbocycles. The van der Waals surface area contributed by atoms with E-state index in [-0.39, 0.29) is 11.1 Å². The average molecular weight is 627 g/mol. The maximum Gasteiger partial charge on any atom is 0.282 e. The van der Waals surface area contributed by atoms with Crippen LogP contribution < -0.4 is 11.1 Å². The Morgan fingerprint density at radius 1 is 0.367 bits per heavy atom. The molecule has 7 aromatic carbocycles. The van der Waals surface area contributed by atoms with Gasteiger partial charge in [0.25, 0.3) is 11.1 Å². The van der Waals surface area contributed by atoms with Gasteiger partial charge in [0, 0.05) is 0 Å². The van der Waals surface area contributed by atoms with Gasteiger partial charge in [-0.2, -0.15) is 4.52 Å². The second-order valence-electron chi connectivity index (χ2n) is 13.2. The Bertz CT molecular complexity index is 2990. The topological polar surface area (TPSA) is 43.0 Å². The first-order valence-corrected chi connectivity index (χ1v) is 16.6. The lowest BCUT2D eigenvalue weighted by atomic mass is 9.70. The summed E-state index contributed by atoms with van der Waals surface area (Å²) in [6, 6.07) is 55.2. The lowest BCUT2D eigenvalue weighted by Gasteiger charge is -2.31. The average Bonchev–Trinajstić information content (AvgIpc) is 3.84. The molecule has 1 spiro atoms. The van der Waals surface area contributed by atoms with Crippen molar-refractivity contribution in [1.29, 1.82) is 0 Å². The highest BCUT2D eigenvalue weighted by Crippen LogP contribution is 2.64. The van der Waals surface area contributed by atoms with Gasteiger partial charge in [0.15, 0.2) is 0 Å². The molecule has 228 valence electrons. The minimum Gasteiger partial charge on any atom is -0.267 e. The molecule has 4 nitrogen and oxygen atoms in total. The summed E-state index contributed by atoms with van der Waals surface area (Å²) < 4.78 is 3.03. The zero-order valence-corrected chi connectivity index (χ0v) is 26.2. The van der Waals surface area contributed by atoms with Gasteiger partial charge in [-0.3, -0.25) is 9.59 Å². The molecule has 0 N–H and O–H groups in total. The van der Waals surface area contributed by atoms with Crippen molar-refractivity contribution in [2.24, 2.45) is 0 Å². The fraction of sp³-hybridized carbons (Fsp3) is 0.0222. The minimum absolute atomic E-state index is 0.289. The predicted octanol–water partition coefficient (Wildman–Crippen LogP) is 9.18. The third-order valence-corrected chi connectivity index (χ3v) is 10.9. The molecule has 9 aromatic rings. The van der Waals surface area contributed by atoms with Crippen LogP contribution in [0.2, 0.25) is 0 Å². The lowest BCUT2D eigenvalue weighted by molar-refractivity contribution is 0.794. The molecule has 0 amide bonds. The van der Waals surface area contributed by atoms with E-state index in [0.29, 0.717) is 10.8 Å². The highest BCUT2D eigenvalue weighted by molar-refractivity contribution is 6.01. The molecule has 11 rings (SSSR count). The smallest absolute Gasteiger partial charge is 0.267 e. The van der Waals surface area contributed by atoms with Crippen LogP contribution in [0.5, 0.6) is 0 Å². The number of hydrogen-bond acceptors (Lipinski definition) is 2. The van der Waals surface area contributed by atoms with Crippen molar-refractivity contribution >= 4 is 21.8 Å². The molecule has 0 radical (unpaired) electrons. The van der Waals surface area contributed by atoms with E-state index < -0.39 is 5.41 Å². The standard InChI is InChI=1S/C45H26N2O2/c48-43-34-15-6-9-20-40(34)46-41-24-22-29(25-35(41)44(49)47(43)46)30-16-10-19-38-42(30)33-14-5-8-18-37(33)45(38)36-17-7-4-13-31(36)32-23-21-28(26-39(32)45)27-11-2-1-3-12-27/h1-26H. The van der Waals surface area contributed by atoms with E-state index in [1.807, 2.05) is 30.3 Å². The van der Waals surface area contributed by atoms with E-state index in [1.165, 1.54) is 60.1 Å². The molecular formula is C45H26N2O2. The molecule has 2 aliphatic carbocycles. The van der Waals surface area contributed by atoms with Gasteiger partial charge in [0.2, 0.25) is 0 Å². The van der Waals surface area contributed by atoms with Gasteiger partial charge in [-0.1, -0.05) is 127 Å². The third kappa shape index (κ3) is 3.18. The van der Waals surface area contributed by atoms with Crippen molar-refractivity contribution in [2.75, 3.05) is 0 Å². The Balaban J connectivity index is 1.21. The lowest BCUT2D eigenvalue weighted by Crippen LogP contribution is -2.25. The first-order chi connectivity index (χ1) is 24.2. The number of hydrogen-bond donors (Lipinski definition) is 0. The number of fused-ring (bicyclic) bond motifs is 15. The van der Waals surface area contributed by atoms with Crippen molar-refractivity contribution in [3.63, 3.8) is 0 Å². The molecule has 1 unspecified atom stereocenters. The summed E-state index contributed by atoms with van der Waals surface area (Å²) in [5.74, 6) is 0. The highest BCUT2D eigenvalue weighted by atomic mass is 16.2. The molecular weight excluding hydrogens is 601 g/mol. The van der Waals surface area contributed by atoms with Crippen molar-refractivity contribution in [3.05, 3.63) is 201 Å². The van der Waals surface area contributed by atoms with Crippen LogP contribution in [0, 0.1) is 0 Å². The van der Waals surface area contributed by atoms with Crippen molar-refractivity contribution in [2.45, 2.75) is 5.41 Å². The van der Waals surface area contributed by atoms with Crippen LogP contribution in [-0.4, -0.2) is 9.03 Å². The molecule has 1 atom stereocenters. The summed E-state index contributed by atoms with van der Waals surface area (Å²) in [4.78, 5) is 27.2. The third-order valence-electron chi connectivity index (χ3n) is 10.9. The summed E-state index contributed by atoms with van der Waals surface area (Å²) in [5, 5.41) is 1.07. The van der Waals surface area contributed by atoms with E-state index in [1.54, 1.807) is 10.6 Å². The predicted molar refractivity (Wildman–Crippen MR) is 197 cm³/mol. The van der Waals surface area contributed by atoms with Crippen LogP contribution in [0.15, 0.2) is 167 Å². The number of para-hydroxylation sites is 1. The second kappa shape index (κ2) is 9.30. The molecule has 2 heterocycles. The fourth-order valence-electron chi connectivity index (χ4n) is 8.98. The Kier molecular flexibility index (Phi) is 5.04. The number of aromatic nitrogens is 2. The quantitative estimate of drug-likeness (QED) is 0.192. The largest absolute Gasteiger partial charge is 0.282 e. The van der Waals surface area contributed by atoms with E-state index in [2.05, 4.69) is 121 Å². The van der Waals surface area contributed by atoms with Crippen LogP contribution in [0.4, 0.5) is 0 Å². The second-order valence-corrected chi connectivity index (χ2v) is 13.2. The van der Waals surface area contributed by atoms with E-state index >= 15 is 0 Å². The number of benzene rings is 7. The summed E-state index contributed by atoms with van der Waals surface area (Å²) in [6.07, 6.45) is 0. The van der Waals surface area contributed by atoms with Crippen molar-refractivity contribution in [3.8, 4) is 44.5 Å². The Hall–Kier alpha value is -6.52. The van der Waals surface area contributed by atoms with Crippen molar-refractivity contribution < 1.29 is 0 Å². The molecule has 4 heteroatoms. The van der Waals surface area contributed by atoms with Crippen LogP contribution in [0.1, 0.15) is 22.3 Å². The summed E-state index contributed by atoms with van der Waals surface area (Å²) in [7, 11) is 0. The summed E-state index contributed by atoms with van der Waals surface area (Å²) >= 11 is 0. The Labute approximate surface area is 280 Å². The molecule has 2 aliphatic rings. The first-order valence-electron chi connectivity index (χ1n) is 16.6. The van der Waals surface area contributed by atoms with Gasteiger partial charge in [-0.25, -0.2) is 4.52 Å². The van der Waals surface area contributed by atoms with Gasteiger partial charge in [0.1, 0.15) is 0 Å². The molecule has 0 aliphatic heterocycles. The van der Waals surface area contributed by atoms with Crippen LogP contribution in [0.25, 0.3) is 66.3 Å². The first kappa shape index (κ1) is 26.5. The van der Waals surface area contributed by atoms with Gasteiger partial charge in [0.05, 0.1) is 27.2 Å². The van der Waals surface area contributed by atoms with Crippen LogP contribution >= 0.6 is 0 Å². The fourth-order valence-corrected chi connectivity index (χ4v) is 8.98. The minimum atomic E-state index is -0.504. The van der Waals surface area contributed by atoms with E-state index in [9.17, 15) is 9.59 Å². The molecule has 0 fully saturated rings. The summed E-state index contributed by atoms with van der Waals surface area (Å²) in [5.41, 5.74) is 14.7. The zero-order valence-electron chi connectivity index (χ0n) is 26.2. The molecule has 49 heavy (non-hydrogen) atoms. The maximum atomic E-state index is 13.9. The maximum absolute atomic E-state index is 13.9. The van der Waals surface area contributed by atoms with Crippen molar-refractivity contribution in [1.82, 2.24) is 9.03 Å². The monoisotopic (exact) mass is 626 g/mol. The van der Waals surface area contributed by atoms with E-state index in [0.717, 1.165) is 22.2 Å². The Morgan fingerprint density at radius 2 is 0.980 bits per heavy atom. The normalized spacial score (nSPS) is 15.6. The zero-order chi connectivity index (χ0) is 32.4. The van der Waals surface area contributed by atoms with Gasteiger partial charge >= 0.3 is 0 Å². The van der Waals surface area contributed by atoms with Gasteiger partial charge < -0.3 is 0 Å². The molecule has 2 aromatic heterocycles. The molecule has 0 saturated heterocycles. The van der Waals surface area contributed by atoms with Crippen LogP contribution in [-0.2, 0) is 5.41 Å². The molecule has 0 bridgehead atoms. The summed E-state index contributed by atoms with van der Waals surface area (Å²) in [6.45, 7) is 0. The van der Waals surface area contributed by atoms with Gasteiger partial charge in [-0.15, -0.1) is 0 Å². The van der Waals surface area contributed by atoms with E-state index in [4.69, 9.17) is 0 Å². The van der Waals surface area contributed by atoms with Crippen LogP contribution in [0.3, 0.4) is 0 Å². The highest BCUT2D eigenvalue weighted by Gasteiger charge is 2.52. The SMILES string of the molecule is O=c1c2ccccc2n2c3ccc(-c4cccc5c4-c4ccccc4C54c5ccccc5-c5ccc(-c6ccccc6)cc54)cc3c(=O)n12. The number of rotatable bonds is 2.